The number of pyridine rings is 1. The lowest BCUT2D eigenvalue weighted by Crippen LogP contribution is -1.95. The van der Waals surface area contributed by atoms with Gasteiger partial charge in [-0.2, -0.15) is 0 Å². The topological polar surface area (TPSA) is 31.4 Å². The third kappa shape index (κ3) is 3.97. The third-order valence-electron chi connectivity index (χ3n) is 2.75. The molecule has 1 aromatic carbocycles. The predicted molar refractivity (Wildman–Crippen MR) is 83.9 cm³/mol. The molecule has 0 fully saturated rings. The summed E-state index contributed by atoms with van der Waals surface area (Å²) < 4.78 is 11.3. The highest BCUT2D eigenvalue weighted by molar-refractivity contribution is 9.08. The standard InChI is InChI=1S/C16H18BrNO2/c1-3-8-19-14-4-6-15(7-5-14)20-16-12(2)9-13(10-17)11-18-16/h4-7,9,11H,3,8,10H2,1-2H3. The molecule has 0 aliphatic rings. The van der Waals surface area contributed by atoms with Crippen LogP contribution in [0.25, 0.3) is 0 Å². The van der Waals surface area contributed by atoms with Gasteiger partial charge in [0.05, 0.1) is 6.61 Å². The number of rotatable bonds is 6. The monoisotopic (exact) mass is 335 g/mol. The van der Waals surface area contributed by atoms with Crippen LogP contribution in [-0.4, -0.2) is 11.6 Å². The highest BCUT2D eigenvalue weighted by atomic mass is 79.9. The summed E-state index contributed by atoms with van der Waals surface area (Å²) in [7, 11) is 0. The van der Waals surface area contributed by atoms with Crippen LogP contribution in [0.5, 0.6) is 17.4 Å². The van der Waals surface area contributed by atoms with Gasteiger partial charge in [-0.1, -0.05) is 22.9 Å². The Morgan fingerprint density at radius 1 is 1.15 bits per heavy atom. The molecule has 0 aliphatic carbocycles. The molecule has 20 heavy (non-hydrogen) atoms. The third-order valence-corrected chi connectivity index (χ3v) is 3.40. The maximum Gasteiger partial charge on any atom is 0.222 e. The van der Waals surface area contributed by atoms with Gasteiger partial charge < -0.3 is 9.47 Å². The van der Waals surface area contributed by atoms with Crippen molar-refractivity contribution in [2.75, 3.05) is 6.61 Å². The zero-order valence-corrected chi connectivity index (χ0v) is 13.3. The molecule has 0 amide bonds. The molecule has 0 atom stereocenters. The van der Waals surface area contributed by atoms with Crippen molar-refractivity contribution in [2.24, 2.45) is 0 Å². The largest absolute Gasteiger partial charge is 0.494 e. The van der Waals surface area contributed by atoms with Crippen molar-refractivity contribution in [3.8, 4) is 17.4 Å². The first-order valence-corrected chi connectivity index (χ1v) is 7.77. The molecule has 0 unspecified atom stereocenters. The van der Waals surface area contributed by atoms with Gasteiger partial charge in [0.1, 0.15) is 11.5 Å². The Kier molecular flexibility index (Phi) is 5.41. The summed E-state index contributed by atoms with van der Waals surface area (Å²) in [5.74, 6) is 2.26. The zero-order valence-electron chi connectivity index (χ0n) is 11.7. The summed E-state index contributed by atoms with van der Waals surface area (Å²) in [6.45, 7) is 4.81. The van der Waals surface area contributed by atoms with Crippen molar-refractivity contribution >= 4 is 15.9 Å². The molecule has 1 aromatic heterocycles. The van der Waals surface area contributed by atoms with Crippen molar-refractivity contribution in [1.82, 2.24) is 4.98 Å². The Morgan fingerprint density at radius 2 is 1.85 bits per heavy atom. The molecule has 0 aliphatic heterocycles. The van der Waals surface area contributed by atoms with Gasteiger partial charge >= 0.3 is 0 Å². The van der Waals surface area contributed by atoms with Crippen LogP contribution in [0.2, 0.25) is 0 Å². The van der Waals surface area contributed by atoms with Crippen LogP contribution < -0.4 is 9.47 Å². The van der Waals surface area contributed by atoms with E-state index in [-0.39, 0.29) is 0 Å². The molecule has 2 rings (SSSR count). The SMILES string of the molecule is CCCOc1ccc(Oc2ncc(CBr)cc2C)cc1. The van der Waals surface area contributed by atoms with Crippen molar-refractivity contribution < 1.29 is 9.47 Å². The van der Waals surface area contributed by atoms with Crippen LogP contribution in [-0.2, 0) is 5.33 Å². The summed E-state index contributed by atoms with van der Waals surface area (Å²) in [6.07, 6.45) is 2.82. The molecule has 0 saturated carbocycles. The molecule has 0 spiro atoms. The van der Waals surface area contributed by atoms with Crippen molar-refractivity contribution in [3.63, 3.8) is 0 Å². The van der Waals surface area contributed by atoms with E-state index in [0.29, 0.717) is 5.88 Å². The van der Waals surface area contributed by atoms with E-state index >= 15 is 0 Å². The smallest absolute Gasteiger partial charge is 0.222 e. The van der Waals surface area contributed by atoms with Gasteiger partial charge in [0.25, 0.3) is 0 Å². The van der Waals surface area contributed by atoms with Crippen LogP contribution in [0.1, 0.15) is 24.5 Å². The van der Waals surface area contributed by atoms with Crippen molar-refractivity contribution in [2.45, 2.75) is 25.6 Å². The summed E-state index contributed by atoms with van der Waals surface area (Å²) in [5, 5.41) is 0.796. The minimum absolute atomic E-state index is 0.636. The van der Waals surface area contributed by atoms with Gasteiger partial charge in [0.2, 0.25) is 5.88 Å². The van der Waals surface area contributed by atoms with E-state index in [0.717, 1.165) is 41.0 Å². The number of hydrogen-bond acceptors (Lipinski definition) is 3. The Hall–Kier alpha value is -1.55. The van der Waals surface area contributed by atoms with E-state index < -0.39 is 0 Å². The van der Waals surface area contributed by atoms with Crippen LogP contribution in [0.15, 0.2) is 36.5 Å². The normalized spacial score (nSPS) is 10.3. The average molecular weight is 336 g/mol. The first kappa shape index (κ1) is 14.9. The van der Waals surface area contributed by atoms with Gasteiger partial charge in [0.15, 0.2) is 0 Å². The van der Waals surface area contributed by atoms with E-state index in [1.807, 2.05) is 37.4 Å². The quantitative estimate of drug-likeness (QED) is 0.706. The first-order chi connectivity index (χ1) is 9.72. The molecule has 106 valence electrons. The lowest BCUT2D eigenvalue weighted by Gasteiger charge is -2.09. The minimum atomic E-state index is 0.636. The molecular weight excluding hydrogens is 318 g/mol. The van der Waals surface area contributed by atoms with Gasteiger partial charge in [-0.3, -0.25) is 0 Å². The van der Waals surface area contributed by atoms with Crippen molar-refractivity contribution in [3.05, 3.63) is 47.7 Å². The highest BCUT2D eigenvalue weighted by Crippen LogP contribution is 2.25. The average Bonchev–Trinajstić information content (AvgIpc) is 2.48. The summed E-state index contributed by atoms with van der Waals surface area (Å²) in [4.78, 5) is 4.33. The molecule has 0 saturated heterocycles. The predicted octanol–water partition coefficient (Wildman–Crippen LogP) is 4.87. The van der Waals surface area contributed by atoms with E-state index in [2.05, 4.69) is 33.9 Å². The number of ether oxygens (including phenoxy) is 2. The van der Waals surface area contributed by atoms with Gasteiger partial charge in [-0.25, -0.2) is 4.98 Å². The molecule has 4 heteroatoms. The van der Waals surface area contributed by atoms with Crippen molar-refractivity contribution in [1.29, 1.82) is 0 Å². The van der Waals surface area contributed by atoms with Gasteiger partial charge in [-0.15, -0.1) is 0 Å². The lowest BCUT2D eigenvalue weighted by atomic mass is 10.2. The first-order valence-electron chi connectivity index (χ1n) is 6.65. The maximum absolute atomic E-state index is 5.79. The zero-order chi connectivity index (χ0) is 14.4. The van der Waals surface area contributed by atoms with Crippen LogP contribution >= 0.6 is 15.9 Å². The molecule has 0 radical (unpaired) electrons. The fourth-order valence-electron chi connectivity index (χ4n) is 1.74. The Morgan fingerprint density at radius 3 is 2.45 bits per heavy atom. The molecule has 2 aromatic rings. The van der Waals surface area contributed by atoms with Gasteiger partial charge in [-0.05, 0) is 49.2 Å². The lowest BCUT2D eigenvalue weighted by molar-refractivity contribution is 0.317. The van der Waals surface area contributed by atoms with Crippen LogP contribution in [0.4, 0.5) is 0 Å². The Bertz CT molecular complexity index is 555. The number of hydrogen-bond donors (Lipinski definition) is 0. The molecule has 3 nitrogen and oxygen atoms in total. The molecule has 0 N–H and O–H groups in total. The molecule has 0 bridgehead atoms. The van der Waals surface area contributed by atoms with E-state index in [1.165, 1.54) is 0 Å². The number of benzene rings is 1. The van der Waals surface area contributed by atoms with E-state index in [9.17, 15) is 0 Å². The fraction of sp³-hybridized carbons (Fsp3) is 0.312. The Balaban J connectivity index is 2.06. The van der Waals surface area contributed by atoms with E-state index in [4.69, 9.17) is 9.47 Å². The number of aromatic nitrogens is 1. The minimum Gasteiger partial charge on any atom is -0.494 e. The summed E-state index contributed by atoms with van der Waals surface area (Å²) in [6, 6.07) is 9.67. The van der Waals surface area contributed by atoms with Crippen LogP contribution in [0.3, 0.4) is 0 Å². The molecule has 1 heterocycles. The van der Waals surface area contributed by atoms with E-state index in [1.54, 1.807) is 0 Å². The maximum atomic E-state index is 5.79. The second kappa shape index (κ2) is 7.29. The number of alkyl halides is 1. The molecular formula is C16H18BrNO2. The number of aryl methyl sites for hydroxylation is 1. The fourth-order valence-corrected chi connectivity index (χ4v) is 2.04. The summed E-state index contributed by atoms with van der Waals surface area (Å²) in [5.41, 5.74) is 2.16. The second-order valence-corrected chi connectivity index (χ2v) is 5.08. The van der Waals surface area contributed by atoms with Crippen LogP contribution in [0, 0.1) is 6.92 Å². The Labute approximate surface area is 128 Å². The van der Waals surface area contributed by atoms with Gasteiger partial charge in [0, 0.05) is 17.1 Å². The number of nitrogens with zero attached hydrogens (tertiary/aromatic N) is 1. The highest BCUT2D eigenvalue weighted by Gasteiger charge is 2.04. The summed E-state index contributed by atoms with van der Waals surface area (Å²) >= 11 is 3.42. The second-order valence-electron chi connectivity index (χ2n) is 4.52. The number of halogens is 1.